The number of carbonyl (C=O) groups is 3. The van der Waals surface area contributed by atoms with Gasteiger partial charge >= 0.3 is 5.97 Å². The van der Waals surface area contributed by atoms with Crippen LogP contribution in [0.5, 0.6) is 5.75 Å². The summed E-state index contributed by atoms with van der Waals surface area (Å²) in [6.07, 6.45) is -0.962. The van der Waals surface area contributed by atoms with Crippen molar-refractivity contribution in [3.05, 3.63) is 45.6 Å². The predicted molar refractivity (Wildman–Crippen MR) is 109 cm³/mol. The number of Topliss-reactive ketones (excluding diaryl/α,β-unsaturated/α-hetero) is 1. The molecule has 0 saturated heterocycles. The molecule has 1 aromatic carbocycles. The smallest absolute Gasteiger partial charge is 0.307 e. The van der Waals surface area contributed by atoms with E-state index in [9.17, 15) is 14.4 Å². The molecule has 2 aromatic rings. The molecule has 1 amide bonds. The quantitative estimate of drug-likeness (QED) is 0.499. The number of benzene rings is 1. The van der Waals surface area contributed by atoms with Gasteiger partial charge in [-0.05, 0) is 58.0 Å². The van der Waals surface area contributed by atoms with Crippen molar-refractivity contribution in [3.8, 4) is 5.75 Å². The Balaban J connectivity index is 1.80. The van der Waals surface area contributed by atoms with E-state index in [0.717, 1.165) is 9.75 Å². The van der Waals surface area contributed by atoms with Gasteiger partial charge in [-0.25, -0.2) is 0 Å². The van der Waals surface area contributed by atoms with E-state index in [-0.39, 0.29) is 18.6 Å². The fourth-order valence-electron chi connectivity index (χ4n) is 2.61. The van der Waals surface area contributed by atoms with Crippen LogP contribution in [0.25, 0.3) is 0 Å². The van der Waals surface area contributed by atoms with Crippen molar-refractivity contribution in [1.29, 1.82) is 0 Å². The summed E-state index contributed by atoms with van der Waals surface area (Å²) in [6.45, 7) is 7.77. The zero-order valence-corrected chi connectivity index (χ0v) is 17.4. The molecule has 1 aromatic heterocycles. The molecule has 1 N–H and O–H groups in total. The van der Waals surface area contributed by atoms with Crippen LogP contribution in [0.1, 0.15) is 46.8 Å². The van der Waals surface area contributed by atoms with Gasteiger partial charge in [0.25, 0.3) is 5.91 Å². The highest BCUT2D eigenvalue weighted by Crippen LogP contribution is 2.22. The van der Waals surface area contributed by atoms with Crippen LogP contribution >= 0.6 is 11.3 Å². The molecule has 0 unspecified atom stereocenters. The minimum Gasteiger partial charge on any atom is -0.494 e. The van der Waals surface area contributed by atoms with Crippen LogP contribution < -0.4 is 10.1 Å². The Bertz CT molecular complexity index is 841. The largest absolute Gasteiger partial charge is 0.494 e. The number of thiophene rings is 1. The van der Waals surface area contributed by atoms with Gasteiger partial charge in [-0.2, -0.15) is 0 Å². The Morgan fingerprint density at radius 1 is 1.11 bits per heavy atom. The highest BCUT2D eigenvalue weighted by Gasteiger charge is 2.20. The van der Waals surface area contributed by atoms with Crippen molar-refractivity contribution in [3.63, 3.8) is 0 Å². The third kappa shape index (κ3) is 6.20. The molecule has 0 aliphatic rings. The Labute approximate surface area is 168 Å². The van der Waals surface area contributed by atoms with Crippen LogP contribution in [0, 0.1) is 13.8 Å². The van der Waals surface area contributed by atoms with Crippen molar-refractivity contribution in [2.24, 2.45) is 0 Å². The standard InChI is InChI=1S/C21H25NO5S/c1-5-26-17-8-6-16(7-9-17)22-21(25)14(3)27-20(24)11-10-19(23)18-12-13(2)28-15(18)4/h6-9,12,14H,5,10-11H2,1-4H3,(H,22,25)/t14-/m1/s1. The van der Waals surface area contributed by atoms with Gasteiger partial charge in [-0.15, -0.1) is 11.3 Å². The summed E-state index contributed by atoms with van der Waals surface area (Å²) in [4.78, 5) is 38.4. The van der Waals surface area contributed by atoms with Crippen molar-refractivity contribution in [2.75, 3.05) is 11.9 Å². The maximum atomic E-state index is 12.2. The van der Waals surface area contributed by atoms with Crippen LogP contribution in [-0.4, -0.2) is 30.4 Å². The molecule has 0 bridgehead atoms. The molecule has 0 radical (unpaired) electrons. The highest BCUT2D eigenvalue weighted by molar-refractivity contribution is 7.12. The van der Waals surface area contributed by atoms with E-state index in [4.69, 9.17) is 9.47 Å². The maximum Gasteiger partial charge on any atom is 0.307 e. The number of hydrogen-bond acceptors (Lipinski definition) is 6. The minimum absolute atomic E-state index is 0.0586. The molecule has 1 heterocycles. The summed E-state index contributed by atoms with van der Waals surface area (Å²) < 4.78 is 10.5. The second-order valence-electron chi connectivity index (χ2n) is 6.33. The molecule has 0 aliphatic carbocycles. The molecule has 0 saturated carbocycles. The number of ether oxygens (including phenoxy) is 2. The van der Waals surface area contributed by atoms with Gasteiger partial charge < -0.3 is 14.8 Å². The molecular formula is C21H25NO5S. The minimum atomic E-state index is -0.959. The van der Waals surface area contributed by atoms with E-state index < -0.39 is 18.0 Å². The third-order valence-corrected chi connectivity index (χ3v) is 4.97. The van der Waals surface area contributed by atoms with E-state index in [2.05, 4.69) is 5.32 Å². The van der Waals surface area contributed by atoms with E-state index in [0.29, 0.717) is 23.6 Å². The summed E-state index contributed by atoms with van der Waals surface area (Å²) in [5, 5.41) is 2.68. The molecule has 0 fully saturated rings. The number of anilines is 1. The number of nitrogens with one attached hydrogen (secondary N) is 1. The number of aryl methyl sites for hydroxylation is 2. The Morgan fingerprint density at radius 3 is 2.36 bits per heavy atom. The first kappa shape index (κ1) is 21.6. The molecule has 28 heavy (non-hydrogen) atoms. The van der Waals surface area contributed by atoms with Gasteiger partial charge in [0.05, 0.1) is 13.0 Å². The molecule has 2 rings (SSSR count). The molecule has 0 aliphatic heterocycles. The lowest BCUT2D eigenvalue weighted by Crippen LogP contribution is -2.30. The summed E-state index contributed by atoms with van der Waals surface area (Å²) in [6, 6.07) is 8.74. The highest BCUT2D eigenvalue weighted by atomic mass is 32.1. The summed E-state index contributed by atoms with van der Waals surface area (Å²) in [5.41, 5.74) is 1.23. The van der Waals surface area contributed by atoms with Gasteiger partial charge in [-0.1, -0.05) is 0 Å². The second-order valence-corrected chi connectivity index (χ2v) is 7.79. The van der Waals surface area contributed by atoms with Crippen LogP contribution in [-0.2, 0) is 14.3 Å². The van der Waals surface area contributed by atoms with E-state index >= 15 is 0 Å². The molecular weight excluding hydrogens is 378 g/mol. The Hall–Kier alpha value is -2.67. The van der Waals surface area contributed by atoms with Gasteiger partial charge in [0, 0.05) is 27.4 Å². The number of esters is 1. The van der Waals surface area contributed by atoms with Gasteiger partial charge in [0.1, 0.15) is 5.75 Å². The molecule has 0 spiro atoms. The fraction of sp³-hybridized carbons (Fsp3) is 0.381. The number of amides is 1. The van der Waals surface area contributed by atoms with Gasteiger partial charge in [0.2, 0.25) is 0 Å². The summed E-state index contributed by atoms with van der Waals surface area (Å²) >= 11 is 1.55. The predicted octanol–water partition coefficient (Wildman–Crippen LogP) is 4.30. The first-order chi connectivity index (χ1) is 13.3. The number of hydrogen-bond donors (Lipinski definition) is 1. The normalized spacial score (nSPS) is 11.6. The average Bonchev–Trinajstić information content (AvgIpc) is 2.99. The lowest BCUT2D eigenvalue weighted by Gasteiger charge is -2.14. The first-order valence-corrected chi connectivity index (χ1v) is 9.95. The topological polar surface area (TPSA) is 81.7 Å². The van der Waals surface area contributed by atoms with Crippen molar-refractivity contribution < 1.29 is 23.9 Å². The molecule has 7 heteroatoms. The number of rotatable bonds is 9. The monoisotopic (exact) mass is 403 g/mol. The average molecular weight is 404 g/mol. The Morgan fingerprint density at radius 2 is 1.79 bits per heavy atom. The molecule has 150 valence electrons. The first-order valence-electron chi connectivity index (χ1n) is 9.13. The number of carbonyl (C=O) groups excluding carboxylic acids is 3. The van der Waals surface area contributed by atoms with Crippen LogP contribution in [0.15, 0.2) is 30.3 Å². The van der Waals surface area contributed by atoms with Gasteiger partial charge in [0.15, 0.2) is 11.9 Å². The van der Waals surface area contributed by atoms with Crippen LogP contribution in [0.2, 0.25) is 0 Å². The number of ketones is 1. The van der Waals surface area contributed by atoms with Crippen LogP contribution in [0.3, 0.4) is 0 Å². The zero-order valence-electron chi connectivity index (χ0n) is 16.5. The molecule has 1 atom stereocenters. The summed E-state index contributed by atoms with van der Waals surface area (Å²) in [5.74, 6) is -0.397. The fourth-order valence-corrected chi connectivity index (χ4v) is 3.56. The zero-order chi connectivity index (χ0) is 20.7. The summed E-state index contributed by atoms with van der Waals surface area (Å²) in [7, 11) is 0. The van der Waals surface area contributed by atoms with Crippen LogP contribution in [0.4, 0.5) is 5.69 Å². The third-order valence-electron chi connectivity index (χ3n) is 4.01. The van der Waals surface area contributed by atoms with Crippen molar-refractivity contribution in [1.82, 2.24) is 0 Å². The second kappa shape index (κ2) is 10.0. The SMILES string of the molecule is CCOc1ccc(NC(=O)[C@@H](C)OC(=O)CCC(=O)c2cc(C)sc2C)cc1. The lowest BCUT2D eigenvalue weighted by molar-refractivity contribution is -0.153. The Kier molecular flexibility index (Phi) is 7.75. The lowest BCUT2D eigenvalue weighted by atomic mass is 10.1. The van der Waals surface area contributed by atoms with Crippen molar-refractivity contribution >= 4 is 34.7 Å². The van der Waals surface area contributed by atoms with E-state index in [1.807, 2.05) is 26.8 Å². The van der Waals surface area contributed by atoms with Gasteiger partial charge in [-0.3, -0.25) is 14.4 Å². The van der Waals surface area contributed by atoms with E-state index in [1.54, 1.807) is 35.6 Å². The molecule has 6 nitrogen and oxygen atoms in total. The maximum absolute atomic E-state index is 12.2. The van der Waals surface area contributed by atoms with E-state index in [1.165, 1.54) is 6.92 Å². The van der Waals surface area contributed by atoms with Crippen molar-refractivity contribution in [2.45, 2.75) is 46.6 Å².